The number of rotatable bonds is 4. The molecule has 0 saturated carbocycles. The van der Waals surface area contributed by atoms with E-state index in [1.54, 1.807) is 18.2 Å². The first-order chi connectivity index (χ1) is 12.1. The molecule has 6 heteroatoms. The highest BCUT2D eigenvalue weighted by molar-refractivity contribution is 14.1. The van der Waals surface area contributed by atoms with Crippen molar-refractivity contribution in [3.8, 4) is 11.8 Å². The van der Waals surface area contributed by atoms with Crippen LogP contribution < -0.4 is 0 Å². The molecular weight excluding hydrogens is 429 g/mol. The molecule has 3 aromatic rings. The summed E-state index contributed by atoms with van der Waals surface area (Å²) in [5.41, 5.74) is 2.66. The fourth-order valence-corrected chi connectivity index (χ4v) is 2.82. The quantitative estimate of drug-likeness (QED) is 0.246. The normalized spacial score (nSPS) is 11.1. The molecule has 0 aliphatic heterocycles. The van der Waals surface area contributed by atoms with Gasteiger partial charge in [0, 0.05) is 33.3 Å². The van der Waals surface area contributed by atoms with Crippen molar-refractivity contribution in [2.75, 3.05) is 0 Å². The van der Waals surface area contributed by atoms with Gasteiger partial charge in [-0.2, -0.15) is 5.26 Å². The zero-order valence-electron chi connectivity index (χ0n) is 13.0. The summed E-state index contributed by atoms with van der Waals surface area (Å²) in [6.45, 7) is 0. The molecule has 0 radical (unpaired) electrons. The van der Waals surface area contributed by atoms with E-state index in [4.69, 9.17) is 0 Å². The molecule has 0 aliphatic rings. The lowest BCUT2D eigenvalue weighted by Crippen LogP contribution is -1.95. The number of benzene rings is 2. The van der Waals surface area contributed by atoms with Gasteiger partial charge in [0.15, 0.2) is 0 Å². The molecule has 0 spiro atoms. The lowest BCUT2D eigenvalue weighted by molar-refractivity contribution is -0.384. The molecule has 25 heavy (non-hydrogen) atoms. The first kappa shape index (κ1) is 16.9. The molecule has 0 aliphatic carbocycles. The van der Waals surface area contributed by atoms with Crippen molar-refractivity contribution in [2.24, 2.45) is 0 Å². The Bertz CT molecular complexity index is 998. The van der Waals surface area contributed by atoms with Gasteiger partial charge in [-0.25, -0.2) is 0 Å². The molecule has 122 valence electrons. The molecule has 0 N–H and O–H groups in total. The average Bonchev–Trinajstić information content (AvgIpc) is 3.08. The molecule has 3 rings (SSSR count). The van der Waals surface area contributed by atoms with Crippen LogP contribution in [0.4, 0.5) is 5.69 Å². The van der Waals surface area contributed by atoms with Crippen molar-refractivity contribution in [3.05, 3.63) is 91.8 Å². The highest BCUT2D eigenvalue weighted by Crippen LogP contribution is 2.23. The van der Waals surface area contributed by atoms with Gasteiger partial charge in [0.05, 0.1) is 16.6 Å². The summed E-state index contributed by atoms with van der Waals surface area (Å²) in [7, 11) is 0. The fraction of sp³-hybridized carbons (Fsp3) is 0. The summed E-state index contributed by atoms with van der Waals surface area (Å²) >= 11 is 2.25. The second-order valence-corrected chi connectivity index (χ2v) is 6.50. The van der Waals surface area contributed by atoms with E-state index in [2.05, 4.69) is 28.7 Å². The zero-order chi connectivity index (χ0) is 17.8. The van der Waals surface area contributed by atoms with Gasteiger partial charge in [-0.1, -0.05) is 12.1 Å². The van der Waals surface area contributed by atoms with Crippen LogP contribution in [-0.2, 0) is 0 Å². The van der Waals surface area contributed by atoms with E-state index in [1.807, 2.05) is 47.2 Å². The summed E-state index contributed by atoms with van der Waals surface area (Å²) in [6, 6.07) is 20.0. The topological polar surface area (TPSA) is 71.9 Å². The molecule has 0 fully saturated rings. The molecule has 0 unspecified atom stereocenters. The van der Waals surface area contributed by atoms with E-state index >= 15 is 0 Å². The Morgan fingerprint density at radius 3 is 2.60 bits per heavy atom. The molecule has 0 amide bonds. The van der Waals surface area contributed by atoms with Gasteiger partial charge in [0.25, 0.3) is 5.69 Å². The molecule has 5 nitrogen and oxygen atoms in total. The van der Waals surface area contributed by atoms with Crippen molar-refractivity contribution in [3.63, 3.8) is 0 Å². The molecule has 0 saturated heterocycles. The van der Waals surface area contributed by atoms with Crippen LogP contribution in [0.25, 0.3) is 17.3 Å². The maximum atomic E-state index is 10.9. The Labute approximate surface area is 158 Å². The number of nitro benzene ring substituents is 1. The highest BCUT2D eigenvalue weighted by Gasteiger charge is 2.10. The first-order valence-corrected chi connectivity index (χ1v) is 8.46. The van der Waals surface area contributed by atoms with Crippen molar-refractivity contribution < 1.29 is 4.92 Å². The van der Waals surface area contributed by atoms with Crippen LogP contribution in [0.1, 0.15) is 11.3 Å². The number of allylic oxidation sites excluding steroid dienone is 1. The second-order valence-electron chi connectivity index (χ2n) is 5.26. The summed E-state index contributed by atoms with van der Waals surface area (Å²) in [5, 5.41) is 20.5. The van der Waals surface area contributed by atoms with Crippen molar-refractivity contribution in [2.45, 2.75) is 0 Å². The van der Waals surface area contributed by atoms with E-state index in [9.17, 15) is 15.4 Å². The molecule has 0 atom stereocenters. The van der Waals surface area contributed by atoms with Gasteiger partial charge >= 0.3 is 0 Å². The molecule has 1 heterocycles. The third-order valence-electron chi connectivity index (χ3n) is 3.67. The van der Waals surface area contributed by atoms with Crippen molar-refractivity contribution in [1.29, 1.82) is 5.26 Å². The zero-order valence-corrected chi connectivity index (χ0v) is 15.1. The second kappa shape index (κ2) is 7.32. The number of halogens is 1. The number of non-ortho nitro benzene ring substituents is 1. The number of hydrogen-bond donors (Lipinski definition) is 0. The predicted molar refractivity (Wildman–Crippen MR) is 105 cm³/mol. The minimum absolute atomic E-state index is 0.0355. The van der Waals surface area contributed by atoms with Gasteiger partial charge in [-0.3, -0.25) is 10.1 Å². The maximum absolute atomic E-state index is 10.9. The van der Waals surface area contributed by atoms with E-state index in [-0.39, 0.29) is 5.69 Å². The smallest absolute Gasteiger partial charge is 0.270 e. The van der Waals surface area contributed by atoms with Gasteiger partial charge < -0.3 is 4.57 Å². The Hall–Kier alpha value is -2.92. The van der Waals surface area contributed by atoms with Crippen LogP contribution >= 0.6 is 22.6 Å². The number of nitriles is 1. The number of hydrogen-bond acceptors (Lipinski definition) is 3. The van der Waals surface area contributed by atoms with Crippen LogP contribution in [-0.4, -0.2) is 9.49 Å². The molecular formula is C19H12IN3O2. The number of aromatic nitrogens is 1. The Morgan fingerprint density at radius 1 is 1.16 bits per heavy atom. The van der Waals surface area contributed by atoms with Crippen LogP contribution in [0, 0.1) is 25.0 Å². The minimum atomic E-state index is -0.465. The van der Waals surface area contributed by atoms with Gasteiger partial charge in [-0.05, 0) is 70.6 Å². The monoisotopic (exact) mass is 441 g/mol. The summed E-state index contributed by atoms with van der Waals surface area (Å²) < 4.78 is 3.10. The van der Waals surface area contributed by atoms with Gasteiger partial charge in [0.2, 0.25) is 0 Å². The van der Waals surface area contributed by atoms with Gasteiger partial charge in [0.1, 0.15) is 0 Å². The minimum Gasteiger partial charge on any atom is -0.317 e. The third-order valence-corrected chi connectivity index (χ3v) is 4.38. The number of nitro groups is 1. The SMILES string of the molecule is N#CC(=Cc1cccn1-c1ccc(I)cc1)c1cccc([N+](=O)[O-])c1. The lowest BCUT2D eigenvalue weighted by Gasteiger charge is -2.07. The third kappa shape index (κ3) is 3.78. The maximum Gasteiger partial charge on any atom is 0.270 e. The Kier molecular flexibility index (Phi) is 4.95. The Balaban J connectivity index is 2.04. The molecule has 2 aromatic carbocycles. The fourth-order valence-electron chi connectivity index (χ4n) is 2.46. The van der Waals surface area contributed by atoms with Crippen molar-refractivity contribution >= 4 is 39.9 Å². The van der Waals surface area contributed by atoms with E-state index in [0.29, 0.717) is 11.1 Å². The van der Waals surface area contributed by atoms with Crippen LogP contribution in [0.3, 0.4) is 0 Å². The Morgan fingerprint density at radius 2 is 1.92 bits per heavy atom. The summed E-state index contributed by atoms with van der Waals surface area (Å²) in [6.07, 6.45) is 3.65. The largest absolute Gasteiger partial charge is 0.317 e. The van der Waals surface area contributed by atoms with E-state index in [1.165, 1.54) is 12.1 Å². The van der Waals surface area contributed by atoms with Crippen LogP contribution in [0.2, 0.25) is 0 Å². The lowest BCUT2D eigenvalue weighted by atomic mass is 10.1. The van der Waals surface area contributed by atoms with E-state index in [0.717, 1.165) is 15.0 Å². The highest BCUT2D eigenvalue weighted by atomic mass is 127. The van der Waals surface area contributed by atoms with Crippen molar-refractivity contribution in [1.82, 2.24) is 4.57 Å². The molecule has 0 bridgehead atoms. The van der Waals surface area contributed by atoms with E-state index < -0.39 is 4.92 Å². The summed E-state index contributed by atoms with van der Waals surface area (Å²) in [5.74, 6) is 0. The first-order valence-electron chi connectivity index (χ1n) is 7.38. The predicted octanol–water partition coefficient (Wildman–Crippen LogP) is 5.05. The van der Waals surface area contributed by atoms with Gasteiger partial charge in [-0.15, -0.1) is 0 Å². The standard InChI is InChI=1S/C19H12IN3O2/c20-16-6-8-17(9-7-16)22-10-2-5-18(22)12-15(13-21)14-3-1-4-19(11-14)23(24)25/h1-12H. The van der Waals surface area contributed by atoms with Crippen LogP contribution in [0.5, 0.6) is 0 Å². The number of nitrogens with zero attached hydrogens (tertiary/aromatic N) is 3. The van der Waals surface area contributed by atoms with Crippen LogP contribution in [0.15, 0.2) is 66.9 Å². The average molecular weight is 441 g/mol. The molecule has 1 aromatic heterocycles. The summed E-state index contributed by atoms with van der Waals surface area (Å²) in [4.78, 5) is 10.5.